The molecule has 0 atom stereocenters. The van der Waals surface area contributed by atoms with Crippen LogP contribution in [0, 0.1) is 6.92 Å². The fourth-order valence-electron chi connectivity index (χ4n) is 2.68. The van der Waals surface area contributed by atoms with E-state index >= 15 is 0 Å². The number of anilines is 1. The molecule has 2 aromatic heterocycles. The Hall–Kier alpha value is -1.42. The minimum Gasteiger partial charge on any atom is -0.353 e. The van der Waals surface area contributed by atoms with Crippen LogP contribution in [0.2, 0.25) is 0 Å². The number of aliphatic imine (C=N–C) groups is 1. The summed E-state index contributed by atoms with van der Waals surface area (Å²) in [6, 6.07) is 6.05. The summed E-state index contributed by atoms with van der Waals surface area (Å²) >= 11 is 1.68. The van der Waals surface area contributed by atoms with Crippen LogP contribution in [-0.2, 0) is 6.54 Å². The van der Waals surface area contributed by atoms with Gasteiger partial charge in [0.2, 0.25) is 0 Å². The van der Waals surface area contributed by atoms with Gasteiger partial charge in [0.1, 0.15) is 5.82 Å². The van der Waals surface area contributed by atoms with E-state index in [0.29, 0.717) is 0 Å². The largest absolute Gasteiger partial charge is 0.353 e. The van der Waals surface area contributed by atoms with Crippen LogP contribution in [0.1, 0.15) is 10.6 Å². The summed E-state index contributed by atoms with van der Waals surface area (Å²) in [5.41, 5.74) is 2.98. The number of rotatable bonds is 3. The topological polar surface area (TPSA) is 56.7 Å². The Bertz CT molecular complexity index is 652. The maximum absolute atomic E-state index is 4.43. The van der Waals surface area contributed by atoms with Crippen LogP contribution >= 0.6 is 35.3 Å². The van der Waals surface area contributed by atoms with Crippen LogP contribution in [0.5, 0.6) is 0 Å². The van der Waals surface area contributed by atoms with Crippen molar-refractivity contribution in [1.82, 2.24) is 20.2 Å². The molecule has 3 heterocycles. The number of piperazine rings is 1. The molecule has 0 bridgehead atoms. The predicted molar refractivity (Wildman–Crippen MR) is 110 cm³/mol. The number of guanidine groups is 1. The lowest BCUT2D eigenvalue weighted by molar-refractivity contribution is 0.371. The third-order valence-corrected chi connectivity index (χ3v) is 4.95. The molecule has 1 aliphatic heterocycles. The van der Waals surface area contributed by atoms with Crippen LogP contribution in [-0.4, -0.2) is 54.1 Å². The van der Waals surface area contributed by atoms with Crippen LogP contribution in [0.15, 0.2) is 34.9 Å². The highest BCUT2D eigenvalue weighted by Gasteiger charge is 2.20. The van der Waals surface area contributed by atoms with Crippen molar-refractivity contribution in [2.75, 3.05) is 38.1 Å². The molecule has 1 saturated heterocycles. The zero-order valence-electron chi connectivity index (χ0n) is 14.0. The van der Waals surface area contributed by atoms with E-state index in [9.17, 15) is 0 Å². The molecule has 6 nitrogen and oxygen atoms in total. The molecule has 2 aromatic rings. The molecular formula is C16H23IN6S. The van der Waals surface area contributed by atoms with E-state index in [-0.39, 0.29) is 24.0 Å². The zero-order chi connectivity index (χ0) is 16.1. The highest BCUT2D eigenvalue weighted by molar-refractivity contribution is 14.0. The van der Waals surface area contributed by atoms with Gasteiger partial charge in [-0.1, -0.05) is 6.07 Å². The van der Waals surface area contributed by atoms with Gasteiger partial charge in [-0.3, -0.25) is 4.99 Å². The number of aromatic nitrogens is 2. The number of hydrogen-bond donors (Lipinski definition) is 1. The first-order chi connectivity index (χ1) is 11.3. The maximum atomic E-state index is 4.43. The number of aryl methyl sites for hydroxylation is 1. The third kappa shape index (κ3) is 4.56. The molecule has 0 spiro atoms. The van der Waals surface area contributed by atoms with Crippen molar-refractivity contribution in [1.29, 1.82) is 0 Å². The van der Waals surface area contributed by atoms with Gasteiger partial charge in [0, 0.05) is 44.3 Å². The van der Waals surface area contributed by atoms with Crippen molar-refractivity contribution in [2.24, 2.45) is 4.99 Å². The molecule has 1 fully saturated rings. The molecule has 3 rings (SSSR count). The standard InChI is InChI=1S/C16H22N6S.HI/c1-13-14(23-12-20-13)11-19-16(17-2)22-9-7-21(8-10-22)15-5-3-4-6-18-15;/h3-6,12H,7-11H2,1-2H3,(H,17,19);1H. The summed E-state index contributed by atoms with van der Waals surface area (Å²) in [4.78, 5) is 19.0. The van der Waals surface area contributed by atoms with Gasteiger partial charge in [0.25, 0.3) is 0 Å². The number of halogens is 1. The third-order valence-electron chi connectivity index (χ3n) is 4.02. The first-order valence-electron chi connectivity index (χ1n) is 7.78. The second-order valence-corrected chi connectivity index (χ2v) is 6.36. The first-order valence-corrected chi connectivity index (χ1v) is 8.66. The first kappa shape index (κ1) is 18.9. The fourth-order valence-corrected chi connectivity index (χ4v) is 3.39. The second kappa shape index (κ2) is 9.16. The molecule has 0 saturated carbocycles. The number of nitrogens with one attached hydrogen (secondary N) is 1. The summed E-state index contributed by atoms with van der Waals surface area (Å²) in [5.74, 6) is 2.01. The number of thiazole rings is 1. The molecule has 0 radical (unpaired) electrons. The summed E-state index contributed by atoms with van der Waals surface area (Å²) in [7, 11) is 1.84. The van der Waals surface area contributed by atoms with Crippen molar-refractivity contribution in [2.45, 2.75) is 13.5 Å². The quantitative estimate of drug-likeness (QED) is 0.435. The van der Waals surface area contributed by atoms with E-state index in [0.717, 1.165) is 50.2 Å². The van der Waals surface area contributed by atoms with Crippen molar-refractivity contribution in [3.63, 3.8) is 0 Å². The smallest absolute Gasteiger partial charge is 0.194 e. The van der Waals surface area contributed by atoms with E-state index in [2.05, 4.69) is 36.1 Å². The molecule has 0 amide bonds. The van der Waals surface area contributed by atoms with Gasteiger partial charge < -0.3 is 15.1 Å². The molecule has 8 heteroatoms. The molecule has 130 valence electrons. The van der Waals surface area contributed by atoms with E-state index in [1.165, 1.54) is 4.88 Å². The summed E-state index contributed by atoms with van der Waals surface area (Å²) in [5, 5.41) is 3.45. The Kier molecular flexibility index (Phi) is 7.22. The Labute approximate surface area is 164 Å². The normalized spacial score (nSPS) is 15.2. The molecule has 0 unspecified atom stereocenters. The van der Waals surface area contributed by atoms with Gasteiger partial charge >= 0.3 is 0 Å². The lowest BCUT2D eigenvalue weighted by Gasteiger charge is -2.37. The van der Waals surface area contributed by atoms with Crippen LogP contribution < -0.4 is 10.2 Å². The van der Waals surface area contributed by atoms with Crippen molar-refractivity contribution < 1.29 is 0 Å². The monoisotopic (exact) mass is 458 g/mol. The predicted octanol–water partition coefficient (Wildman–Crippen LogP) is 2.36. The molecule has 0 aromatic carbocycles. The van der Waals surface area contributed by atoms with Gasteiger partial charge in [0.15, 0.2) is 5.96 Å². The molecule has 0 aliphatic carbocycles. The lowest BCUT2D eigenvalue weighted by Crippen LogP contribution is -2.52. The molecule has 24 heavy (non-hydrogen) atoms. The number of nitrogens with zero attached hydrogens (tertiary/aromatic N) is 5. The maximum Gasteiger partial charge on any atom is 0.194 e. The van der Waals surface area contributed by atoms with Crippen LogP contribution in [0.3, 0.4) is 0 Å². The number of hydrogen-bond acceptors (Lipinski definition) is 5. The summed E-state index contributed by atoms with van der Waals surface area (Å²) in [6.45, 7) is 6.62. The Morgan fingerprint density at radius 2 is 2.04 bits per heavy atom. The fraction of sp³-hybridized carbons (Fsp3) is 0.438. The van der Waals surface area contributed by atoms with Crippen molar-refractivity contribution >= 4 is 47.1 Å². The Morgan fingerprint density at radius 3 is 2.62 bits per heavy atom. The average Bonchev–Trinajstić information content (AvgIpc) is 3.02. The van der Waals surface area contributed by atoms with Crippen LogP contribution in [0.4, 0.5) is 5.82 Å². The molecule has 1 aliphatic rings. The van der Waals surface area contributed by atoms with Gasteiger partial charge in [-0.05, 0) is 19.1 Å². The highest BCUT2D eigenvalue weighted by atomic mass is 127. The van der Waals surface area contributed by atoms with Gasteiger partial charge in [-0.25, -0.2) is 9.97 Å². The van der Waals surface area contributed by atoms with E-state index in [1.807, 2.05) is 37.8 Å². The molecule has 1 N–H and O–H groups in total. The van der Waals surface area contributed by atoms with Gasteiger partial charge in [-0.15, -0.1) is 35.3 Å². The summed E-state index contributed by atoms with van der Waals surface area (Å²) < 4.78 is 0. The van der Waals surface area contributed by atoms with Gasteiger partial charge in [-0.2, -0.15) is 0 Å². The number of pyridine rings is 1. The van der Waals surface area contributed by atoms with Crippen molar-refractivity contribution in [3.05, 3.63) is 40.5 Å². The van der Waals surface area contributed by atoms with Crippen molar-refractivity contribution in [3.8, 4) is 0 Å². The van der Waals surface area contributed by atoms with E-state index < -0.39 is 0 Å². The summed E-state index contributed by atoms with van der Waals surface area (Å²) in [6.07, 6.45) is 1.85. The Balaban J connectivity index is 0.00000208. The van der Waals surface area contributed by atoms with E-state index in [4.69, 9.17) is 0 Å². The van der Waals surface area contributed by atoms with Gasteiger partial charge in [0.05, 0.1) is 17.7 Å². The second-order valence-electron chi connectivity index (χ2n) is 5.42. The lowest BCUT2D eigenvalue weighted by atomic mass is 10.3. The van der Waals surface area contributed by atoms with Crippen LogP contribution in [0.25, 0.3) is 0 Å². The SMILES string of the molecule is CN=C(NCc1scnc1C)N1CCN(c2ccccn2)CC1.I. The minimum atomic E-state index is 0. The zero-order valence-corrected chi connectivity index (χ0v) is 17.1. The molecular weight excluding hydrogens is 435 g/mol. The Morgan fingerprint density at radius 1 is 1.25 bits per heavy atom. The average molecular weight is 458 g/mol. The highest BCUT2D eigenvalue weighted by Crippen LogP contribution is 2.14. The minimum absolute atomic E-state index is 0. The van der Waals surface area contributed by atoms with E-state index in [1.54, 1.807) is 11.3 Å².